The van der Waals surface area contributed by atoms with Gasteiger partial charge in [0.05, 0.1) is 16.6 Å². The number of para-hydroxylation sites is 2. The van der Waals surface area contributed by atoms with Crippen LogP contribution in [0.25, 0.3) is 11.0 Å². The number of carbonyl (C=O) groups is 1. The number of anilines is 1. The summed E-state index contributed by atoms with van der Waals surface area (Å²) in [6.07, 6.45) is 0.213. The maximum Gasteiger partial charge on any atom is 0.417 e. The number of rotatable bonds is 10. The number of aromatic nitrogens is 3. The molecule has 0 unspecified atom stereocenters. The molecule has 0 fully saturated rings. The monoisotopic (exact) mass is 499 g/mol. The number of pyridine rings is 1. The van der Waals surface area contributed by atoms with Crippen LogP contribution in [0.15, 0.2) is 65.9 Å². The summed E-state index contributed by atoms with van der Waals surface area (Å²) in [6, 6.07) is 9.62. The van der Waals surface area contributed by atoms with Gasteiger partial charge in [0.25, 0.3) is 0 Å². The zero-order valence-corrected chi connectivity index (χ0v) is 20.0. The van der Waals surface area contributed by atoms with Crippen LogP contribution in [0.5, 0.6) is 0 Å². The molecule has 1 aliphatic rings. The summed E-state index contributed by atoms with van der Waals surface area (Å²) in [4.78, 5) is 20.5. The molecule has 0 bridgehead atoms. The number of fused-ring (bicyclic) bond motifs is 1. The van der Waals surface area contributed by atoms with Crippen molar-refractivity contribution in [2.45, 2.75) is 45.6 Å². The van der Waals surface area contributed by atoms with E-state index in [1.807, 2.05) is 41.8 Å². The van der Waals surface area contributed by atoms with E-state index in [4.69, 9.17) is 0 Å². The van der Waals surface area contributed by atoms with Gasteiger partial charge in [0, 0.05) is 31.6 Å². The second-order valence-electron chi connectivity index (χ2n) is 8.57. The van der Waals surface area contributed by atoms with Gasteiger partial charge in [-0.25, -0.2) is 9.97 Å². The Morgan fingerprint density at radius 3 is 2.69 bits per heavy atom. The number of aliphatic hydroxyl groups is 1. The van der Waals surface area contributed by atoms with Gasteiger partial charge in [0.15, 0.2) is 12.1 Å². The van der Waals surface area contributed by atoms with E-state index in [0.29, 0.717) is 24.5 Å². The molecule has 0 saturated carbocycles. The van der Waals surface area contributed by atoms with Crippen molar-refractivity contribution in [1.29, 1.82) is 0 Å². The minimum atomic E-state index is -4.49. The number of alkyl halides is 3. The highest BCUT2D eigenvalue weighted by Crippen LogP contribution is 2.44. The van der Waals surface area contributed by atoms with Crippen LogP contribution in [0, 0.1) is 5.92 Å². The van der Waals surface area contributed by atoms with Crippen molar-refractivity contribution in [2.75, 3.05) is 11.9 Å². The van der Waals surface area contributed by atoms with Crippen molar-refractivity contribution in [2.24, 2.45) is 5.92 Å². The highest BCUT2D eigenvalue weighted by Gasteiger charge is 2.34. The van der Waals surface area contributed by atoms with Gasteiger partial charge in [-0.2, -0.15) is 13.2 Å². The molecule has 36 heavy (non-hydrogen) atoms. The number of allylic oxidation sites excluding steroid dienone is 4. The summed E-state index contributed by atoms with van der Waals surface area (Å²) < 4.78 is 40.0. The van der Waals surface area contributed by atoms with Gasteiger partial charge in [-0.1, -0.05) is 31.2 Å². The number of nitrogens with zero attached hydrogens (tertiary/aromatic N) is 3. The normalized spacial score (nSPS) is 16.7. The number of carbonyl (C=O) groups excluding carboxylic acids is 1. The Hall–Kier alpha value is -3.50. The molecule has 3 aromatic rings. The Morgan fingerprint density at radius 2 is 2.03 bits per heavy atom. The van der Waals surface area contributed by atoms with E-state index in [1.165, 1.54) is 11.1 Å². The lowest BCUT2D eigenvalue weighted by Gasteiger charge is -2.15. The van der Waals surface area contributed by atoms with Gasteiger partial charge in [-0.15, -0.1) is 0 Å². The van der Waals surface area contributed by atoms with E-state index in [0.717, 1.165) is 29.6 Å². The van der Waals surface area contributed by atoms with Gasteiger partial charge in [0.2, 0.25) is 5.91 Å². The van der Waals surface area contributed by atoms with Gasteiger partial charge >= 0.3 is 6.18 Å². The van der Waals surface area contributed by atoms with Crippen LogP contribution in [0.3, 0.4) is 0 Å². The fraction of sp³-hybridized carbons (Fsp3) is 0.346. The molecule has 0 saturated heterocycles. The van der Waals surface area contributed by atoms with Crippen LogP contribution in [0.1, 0.15) is 44.3 Å². The molecular formula is C26H28F3N5O2. The zero-order chi connectivity index (χ0) is 25.9. The van der Waals surface area contributed by atoms with Crippen molar-refractivity contribution >= 4 is 22.8 Å². The smallest absolute Gasteiger partial charge is 0.371 e. The molecule has 2 aromatic heterocycles. The molecule has 1 amide bonds. The molecule has 4 rings (SSSR count). The van der Waals surface area contributed by atoms with E-state index in [-0.39, 0.29) is 18.8 Å². The highest BCUT2D eigenvalue weighted by molar-refractivity contribution is 5.89. The average Bonchev–Trinajstić information content (AvgIpc) is 3.37. The summed E-state index contributed by atoms with van der Waals surface area (Å²) in [5.74, 6) is 0.466. The van der Waals surface area contributed by atoms with Crippen molar-refractivity contribution in [3.05, 3.63) is 77.3 Å². The van der Waals surface area contributed by atoms with Crippen molar-refractivity contribution < 1.29 is 23.1 Å². The zero-order valence-electron chi connectivity index (χ0n) is 20.0. The fourth-order valence-corrected chi connectivity index (χ4v) is 4.31. The van der Waals surface area contributed by atoms with Crippen LogP contribution >= 0.6 is 0 Å². The number of hydrogen-bond acceptors (Lipinski definition) is 5. The first kappa shape index (κ1) is 25.6. The molecule has 0 radical (unpaired) electrons. The van der Waals surface area contributed by atoms with Crippen molar-refractivity contribution in [3.8, 4) is 0 Å². The van der Waals surface area contributed by atoms with Crippen LogP contribution in [0.4, 0.5) is 19.0 Å². The first-order chi connectivity index (χ1) is 17.2. The van der Waals surface area contributed by atoms with E-state index >= 15 is 0 Å². The minimum Gasteiger partial charge on any atom is -0.371 e. The fourth-order valence-electron chi connectivity index (χ4n) is 4.31. The topological polar surface area (TPSA) is 92.1 Å². The summed E-state index contributed by atoms with van der Waals surface area (Å²) in [7, 11) is 0. The molecule has 190 valence electrons. The second-order valence-corrected chi connectivity index (χ2v) is 8.57. The number of imidazole rings is 1. The molecule has 2 atom stereocenters. The van der Waals surface area contributed by atoms with Gasteiger partial charge < -0.3 is 15.0 Å². The standard InChI is InChI=1S/C26H28F3N5O2/c1-3-7-18-17(4-2)19(18)15-34-21-9-6-5-8-20(21)32-24(34)25(36)30-13-12-23(35)33-22-11-10-16(14-31-22)26(27,28)29/h3,5-11,14,17,25,30,36H,4,12-13,15H2,1-2H3,(H,31,33,35)/b7-3-/t17-,25+/m1/s1. The number of aliphatic hydroxyl groups excluding tert-OH is 1. The number of halogens is 3. The third kappa shape index (κ3) is 5.66. The predicted molar refractivity (Wildman–Crippen MR) is 131 cm³/mol. The number of amides is 1. The molecule has 1 aromatic carbocycles. The minimum absolute atomic E-state index is 0.0194. The molecule has 0 spiro atoms. The molecule has 3 N–H and O–H groups in total. The first-order valence-electron chi connectivity index (χ1n) is 11.8. The van der Waals surface area contributed by atoms with E-state index < -0.39 is 23.9 Å². The Kier molecular flexibility index (Phi) is 7.56. The summed E-state index contributed by atoms with van der Waals surface area (Å²) in [6.45, 7) is 4.88. The Morgan fingerprint density at radius 1 is 1.25 bits per heavy atom. The highest BCUT2D eigenvalue weighted by atomic mass is 19.4. The van der Waals surface area contributed by atoms with Gasteiger partial charge in [0.1, 0.15) is 5.82 Å². The maximum absolute atomic E-state index is 12.7. The third-order valence-electron chi connectivity index (χ3n) is 6.14. The lowest BCUT2D eigenvalue weighted by molar-refractivity contribution is -0.137. The van der Waals surface area contributed by atoms with E-state index in [9.17, 15) is 23.1 Å². The van der Waals surface area contributed by atoms with Crippen LogP contribution < -0.4 is 10.6 Å². The number of hydrogen-bond donors (Lipinski definition) is 3. The van der Waals surface area contributed by atoms with Crippen molar-refractivity contribution in [3.63, 3.8) is 0 Å². The number of nitrogens with one attached hydrogen (secondary N) is 2. The van der Waals surface area contributed by atoms with Crippen LogP contribution in [-0.2, 0) is 17.5 Å². The van der Waals surface area contributed by atoms with Crippen LogP contribution in [-0.4, -0.2) is 32.1 Å². The quantitative estimate of drug-likeness (QED) is 0.343. The molecule has 7 nitrogen and oxygen atoms in total. The summed E-state index contributed by atoms with van der Waals surface area (Å²) in [5, 5.41) is 16.2. The molecular weight excluding hydrogens is 471 g/mol. The summed E-state index contributed by atoms with van der Waals surface area (Å²) in [5.41, 5.74) is 3.42. The SMILES string of the molecule is C/C=C\C1=C(Cn2c([C@H](O)NCCC(=O)Nc3ccc(C(F)(F)F)cn3)nc3ccccc32)[C@@H]1CC. The molecule has 10 heteroatoms. The average molecular weight is 500 g/mol. The predicted octanol–water partition coefficient (Wildman–Crippen LogP) is 4.97. The number of benzene rings is 1. The second kappa shape index (κ2) is 10.6. The van der Waals surface area contributed by atoms with Gasteiger partial charge in [-0.3, -0.25) is 10.1 Å². The molecule has 2 heterocycles. The van der Waals surface area contributed by atoms with E-state index in [1.54, 1.807) is 0 Å². The maximum atomic E-state index is 12.7. The molecule has 0 aliphatic heterocycles. The first-order valence-corrected chi connectivity index (χ1v) is 11.8. The van der Waals surface area contributed by atoms with Gasteiger partial charge in [-0.05, 0) is 48.8 Å². The molecule has 1 aliphatic carbocycles. The largest absolute Gasteiger partial charge is 0.417 e. The van der Waals surface area contributed by atoms with Crippen molar-refractivity contribution in [1.82, 2.24) is 19.9 Å². The third-order valence-corrected chi connectivity index (χ3v) is 6.14. The van der Waals surface area contributed by atoms with Crippen LogP contribution in [0.2, 0.25) is 0 Å². The summed E-state index contributed by atoms with van der Waals surface area (Å²) >= 11 is 0. The van der Waals surface area contributed by atoms with E-state index in [2.05, 4.69) is 33.6 Å². The Bertz CT molecular complexity index is 1300. The lowest BCUT2D eigenvalue weighted by Crippen LogP contribution is -2.28. The Labute approximate surface area is 206 Å². The lowest BCUT2D eigenvalue weighted by atomic mass is 10.2. The Balaban J connectivity index is 1.39.